The highest BCUT2D eigenvalue weighted by Gasteiger charge is 2.39. The van der Waals surface area contributed by atoms with Crippen LogP contribution in [0.5, 0.6) is 0 Å². The van der Waals surface area contributed by atoms with E-state index in [2.05, 4.69) is 20.9 Å². The van der Waals surface area contributed by atoms with Crippen LogP contribution in [-0.2, 0) is 31.7 Å². The third-order valence-corrected chi connectivity index (χ3v) is 8.07. The summed E-state index contributed by atoms with van der Waals surface area (Å²) in [6, 6.07) is 11.6. The molecule has 3 heterocycles. The zero-order valence-electron chi connectivity index (χ0n) is 23.8. The first kappa shape index (κ1) is 38.9. The van der Waals surface area contributed by atoms with Crippen LogP contribution in [0.25, 0.3) is 0 Å². The van der Waals surface area contributed by atoms with E-state index in [1.54, 1.807) is 30.5 Å². The summed E-state index contributed by atoms with van der Waals surface area (Å²) in [6.07, 6.45) is -7.06. The Morgan fingerprint density at radius 1 is 0.844 bits per heavy atom. The van der Waals surface area contributed by atoms with Gasteiger partial charge in [0, 0.05) is 80.8 Å². The summed E-state index contributed by atoms with van der Waals surface area (Å²) in [5.41, 5.74) is -0.499. The minimum atomic E-state index is -5.04. The number of fused-ring (bicyclic) bond motifs is 1. The highest BCUT2D eigenvalue weighted by Crippen LogP contribution is 2.37. The fourth-order valence-corrected chi connectivity index (χ4v) is 5.73. The molecule has 5 rings (SSSR count). The Hall–Kier alpha value is -2.28. The molecule has 0 bridgehead atoms. The van der Waals surface area contributed by atoms with Crippen molar-refractivity contribution in [1.29, 1.82) is 0 Å². The summed E-state index contributed by atoms with van der Waals surface area (Å²) in [5, 5.41) is 0.527. The number of aromatic nitrogens is 1. The van der Waals surface area contributed by atoms with E-state index in [1.165, 1.54) is 10.5 Å². The molecule has 2 aliphatic heterocycles. The Bertz CT molecular complexity index is 1390. The van der Waals surface area contributed by atoms with Gasteiger partial charge in [0.1, 0.15) is 0 Å². The lowest BCUT2D eigenvalue weighted by Crippen LogP contribution is -2.57. The summed E-state index contributed by atoms with van der Waals surface area (Å²) in [6.45, 7) is 4.17. The van der Waals surface area contributed by atoms with Crippen molar-refractivity contribution in [2.45, 2.75) is 37.8 Å². The second kappa shape index (κ2) is 16.0. The van der Waals surface area contributed by atoms with Crippen LogP contribution in [0, 0.1) is 0 Å². The quantitative estimate of drug-likeness (QED) is 0.248. The molecule has 45 heavy (non-hydrogen) atoms. The molecule has 1 saturated heterocycles. The van der Waals surface area contributed by atoms with Gasteiger partial charge in [-0.25, -0.2) is 0 Å². The third-order valence-electron chi connectivity index (χ3n) is 7.82. The van der Waals surface area contributed by atoms with E-state index in [0.717, 1.165) is 37.3 Å². The molecular formula is C30H32Cl4F6N4O. The fraction of sp³-hybridized carbons (Fsp3) is 0.400. The normalized spacial score (nSPS) is 17.4. The maximum atomic E-state index is 13.6. The van der Waals surface area contributed by atoms with Gasteiger partial charge in [0.05, 0.1) is 11.1 Å². The highest BCUT2D eigenvalue weighted by atomic mass is 35.5. The SMILES string of the molecule is Cl.Cl.Cl.O=C(c1cc(C(F)(F)F)cc(C(F)(F)F)c1)N1CCN(CCN2CCc3ncccc3C2)C[C@H]1Cc1ccc(Cl)cc1. The molecule has 1 atom stereocenters. The topological polar surface area (TPSA) is 39.7 Å². The molecule has 0 saturated carbocycles. The molecule has 0 N–H and O–H groups in total. The summed E-state index contributed by atoms with van der Waals surface area (Å²) in [5.74, 6) is -0.856. The third kappa shape index (κ3) is 9.86. The molecule has 248 valence electrons. The molecule has 1 fully saturated rings. The number of pyridine rings is 1. The number of nitrogens with zero attached hydrogens (tertiary/aromatic N) is 4. The van der Waals surface area contributed by atoms with Gasteiger partial charge in [-0.05, 0) is 53.9 Å². The van der Waals surface area contributed by atoms with Crippen molar-refractivity contribution in [3.8, 4) is 0 Å². The molecule has 1 amide bonds. The molecule has 3 aromatic rings. The van der Waals surface area contributed by atoms with Crippen LogP contribution in [0.1, 0.15) is 38.3 Å². The minimum absolute atomic E-state index is 0. The number of amides is 1. The second-order valence-corrected chi connectivity index (χ2v) is 11.1. The summed E-state index contributed by atoms with van der Waals surface area (Å²) >= 11 is 6.02. The number of benzene rings is 2. The fourth-order valence-electron chi connectivity index (χ4n) is 5.60. The maximum Gasteiger partial charge on any atom is 0.416 e. The van der Waals surface area contributed by atoms with Gasteiger partial charge in [-0.3, -0.25) is 19.6 Å². The molecule has 5 nitrogen and oxygen atoms in total. The predicted molar refractivity (Wildman–Crippen MR) is 168 cm³/mol. The number of rotatable bonds is 6. The number of piperazine rings is 1. The summed E-state index contributed by atoms with van der Waals surface area (Å²) in [7, 11) is 0. The number of halogens is 10. The van der Waals surface area contributed by atoms with Crippen molar-refractivity contribution < 1.29 is 31.1 Å². The monoisotopic (exact) mass is 718 g/mol. The standard InChI is InChI=1S/C30H29ClF6N4O.3ClH/c31-25-5-3-20(4-6-25)14-26-19-40(11-10-39-9-7-27-21(18-39)2-1-8-38-27)12-13-41(26)28(42)22-15-23(29(32,33)34)17-24(16-22)30(35,36)37;;;/h1-6,8,15-17,26H,7,9-14,18-19H2;3*1H/t26-;;;/m1.../s1. The van der Waals surface area contributed by atoms with E-state index < -0.39 is 41.0 Å². The lowest BCUT2D eigenvalue weighted by molar-refractivity contribution is -0.143. The first-order valence-electron chi connectivity index (χ1n) is 13.6. The molecule has 0 radical (unpaired) electrons. The Balaban J connectivity index is 0.00000235. The van der Waals surface area contributed by atoms with E-state index in [9.17, 15) is 31.1 Å². The van der Waals surface area contributed by atoms with Gasteiger partial charge in [-0.1, -0.05) is 29.8 Å². The van der Waals surface area contributed by atoms with Crippen LogP contribution >= 0.6 is 48.8 Å². The molecule has 0 aliphatic carbocycles. The number of carbonyl (C=O) groups excluding carboxylic acids is 1. The highest BCUT2D eigenvalue weighted by molar-refractivity contribution is 6.30. The number of hydrogen-bond donors (Lipinski definition) is 0. The molecule has 0 spiro atoms. The zero-order valence-corrected chi connectivity index (χ0v) is 27.0. The van der Waals surface area contributed by atoms with Crippen molar-refractivity contribution in [2.75, 3.05) is 39.3 Å². The van der Waals surface area contributed by atoms with Crippen LogP contribution in [0.15, 0.2) is 60.8 Å². The minimum Gasteiger partial charge on any atom is -0.333 e. The lowest BCUT2D eigenvalue weighted by atomic mass is 9.99. The summed E-state index contributed by atoms with van der Waals surface area (Å²) in [4.78, 5) is 23.9. The van der Waals surface area contributed by atoms with Crippen molar-refractivity contribution >= 4 is 54.7 Å². The number of carbonyl (C=O) groups is 1. The van der Waals surface area contributed by atoms with Gasteiger partial charge in [0.25, 0.3) is 5.91 Å². The van der Waals surface area contributed by atoms with Gasteiger partial charge in [-0.2, -0.15) is 26.3 Å². The molecule has 15 heteroatoms. The first-order chi connectivity index (χ1) is 19.9. The Morgan fingerprint density at radius 2 is 1.47 bits per heavy atom. The zero-order chi connectivity index (χ0) is 30.1. The van der Waals surface area contributed by atoms with Crippen LogP contribution in [0.4, 0.5) is 26.3 Å². The molecule has 2 aliphatic rings. The Labute approximate surface area is 281 Å². The largest absolute Gasteiger partial charge is 0.416 e. The van der Waals surface area contributed by atoms with Gasteiger partial charge in [-0.15, -0.1) is 37.2 Å². The first-order valence-corrected chi connectivity index (χ1v) is 14.0. The van der Waals surface area contributed by atoms with Crippen LogP contribution in [-0.4, -0.2) is 70.9 Å². The van der Waals surface area contributed by atoms with Crippen molar-refractivity contribution in [3.05, 3.63) is 99.3 Å². The molecule has 0 unspecified atom stereocenters. The van der Waals surface area contributed by atoms with Gasteiger partial charge in [0.15, 0.2) is 0 Å². The van der Waals surface area contributed by atoms with Crippen LogP contribution in [0.3, 0.4) is 0 Å². The maximum absolute atomic E-state index is 13.6. The number of hydrogen-bond acceptors (Lipinski definition) is 4. The average molecular weight is 720 g/mol. The van der Waals surface area contributed by atoms with E-state index in [0.29, 0.717) is 43.2 Å². The van der Waals surface area contributed by atoms with Gasteiger partial charge >= 0.3 is 12.4 Å². The van der Waals surface area contributed by atoms with Crippen LogP contribution < -0.4 is 0 Å². The lowest BCUT2D eigenvalue weighted by Gasteiger charge is -2.42. The molecule has 1 aromatic heterocycles. The Morgan fingerprint density at radius 3 is 2.09 bits per heavy atom. The molecule has 2 aromatic carbocycles. The van der Waals surface area contributed by atoms with Gasteiger partial charge < -0.3 is 4.90 Å². The van der Waals surface area contributed by atoms with Crippen molar-refractivity contribution in [1.82, 2.24) is 19.7 Å². The van der Waals surface area contributed by atoms with Crippen molar-refractivity contribution in [2.24, 2.45) is 0 Å². The summed E-state index contributed by atoms with van der Waals surface area (Å²) < 4.78 is 81.0. The molecular weight excluding hydrogens is 688 g/mol. The van der Waals surface area contributed by atoms with E-state index in [1.807, 2.05) is 6.07 Å². The Kier molecular flexibility index (Phi) is 13.8. The average Bonchev–Trinajstić information content (AvgIpc) is 2.96. The van der Waals surface area contributed by atoms with E-state index in [-0.39, 0.29) is 49.8 Å². The van der Waals surface area contributed by atoms with Crippen molar-refractivity contribution in [3.63, 3.8) is 0 Å². The van der Waals surface area contributed by atoms with Crippen LogP contribution in [0.2, 0.25) is 5.02 Å². The number of alkyl halides is 6. The van der Waals surface area contributed by atoms with E-state index in [4.69, 9.17) is 11.6 Å². The second-order valence-electron chi connectivity index (χ2n) is 10.7. The predicted octanol–water partition coefficient (Wildman–Crippen LogP) is 7.47. The van der Waals surface area contributed by atoms with E-state index >= 15 is 0 Å². The smallest absolute Gasteiger partial charge is 0.333 e. The van der Waals surface area contributed by atoms with Gasteiger partial charge in [0.2, 0.25) is 0 Å².